The first kappa shape index (κ1) is 23.5. The Morgan fingerprint density at radius 3 is 2.52 bits per heavy atom. The molecule has 0 spiro atoms. The third kappa shape index (κ3) is 5.37. The van der Waals surface area contributed by atoms with E-state index in [1.54, 1.807) is 0 Å². The highest BCUT2D eigenvalue weighted by Crippen LogP contribution is 2.36. The van der Waals surface area contributed by atoms with Crippen molar-refractivity contribution in [3.8, 4) is 0 Å². The molecule has 1 fully saturated rings. The van der Waals surface area contributed by atoms with Gasteiger partial charge in [-0.1, -0.05) is 11.6 Å². The number of amides is 1. The highest BCUT2D eigenvalue weighted by Gasteiger charge is 2.34. The van der Waals surface area contributed by atoms with Crippen molar-refractivity contribution in [1.82, 2.24) is 4.31 Å². The fourth-order valence-electron chi connectivity index (χ4n) is 2.93. The smallest absolute Gasteiger partial charge is 0.417 e. The predicted octanol–water partition coefficient (Wildman–Crippen LogP) is 4.00. The monoisotopic (exact) mass is 496 g/mol. The number of thiophene rings is 1. The Kier molecular flexibility index (Phi) is 6.94. The van der Waals surface area contributed by atoms with Crippen molar-refractivity contribution < 1.29 is 35.9 Å². The zero-order valence-corrected chi connectivity index (χ0v) is 18.1. The van der Waals surface area contributed by atoms with Crippen molar-refractivity contribution >= 4 is 50.5 Å². The van der Waals surface area contributed by atoms with E-state index >= 15 is 0 Å². The van der Waals surface area contributed by atoms with Gasteiger partial charge in [-0.15, -0.1) is 11.3 Å². The van der Waals surface area contributed by atoms with Gasteiger partial charge in [0.1, 0.15) is 9.77 Å². The van der Waals surface area contributed by atoms with Gasteiger partial charge < -0.3 is 10.1 Å². The molecule has 1 aliphatic rings. The fraction of sp³-hybridized carbons (Fsp3) is 0.333. The minimum atomic E-state index is -4.71. The van der Waals surface area contributed by atoms with Crippen molar-refractivity contribution in [2.75, 3.05) is 25.0 Å². The Hall–Kier alpha value is -2.15. The number of esters is 1. The first-order valence-electron chi connectivity index (χ1n) is 8.91. The van der Waals surface area contributed by atoms with Crippen molar-refractivity contribution in [2.24, 2.45) is 0 Å². The molecule has 0 radical (unpaired) electrons. The number of hydrogen-bond donors (Lipinski definition) is 1. The van der Waals surface area contributed by atoms with Gasteiger partial charge in [-0.3, -0.25) is 4.79 Å². The summed E-state index contributed by atoms with van der Waals surface area (Å²) in [6.45, 7) is -0.101. The number of benzene rings is 1. The molecule has 2 aromatic rings. The number of rotatable bonds is 6. The molecule has 1 N–H and O–H groups in total. The van der Waals surface area contributed by atoms with Gasteiger partial charge in [0.25, 0.3) is 5.91 Å². The van der Waals surface area contributed by atoms with Gasteiger partial charge in [-0.2, -0.15) is 17.5 Å². The number of carbonyl (C=O) groups excluding carboxylic acids is 2. The Morgan fingerprint density at radius 2 is 1.87 bits per heavy atom. The number of hydrogen-bond acceptors (Lipinski definition) is 6. The van der Waals surface area contributed by atoms with Gasteiger partial charge >= 0.3 is 12.1 Å². The second-order valence-electron chi connectivity index (χ2n) is 6.54. The Balaban J connectivity index is 1.65. The van der Waals surface area contributed by atoms with Crippen molar-refractivity contribution in [2.45, 2.75) is 23.9 Å². The summed E-state index contributed by atoms with van der Waals surface area (Å²) in [6, 6.07) is 4.09. The minimum absolute atomic E-state index is 0.175. The van der Waals surface area contributed by atoms with Crippen LogP contribution in [0.2, 0.25) is 5.02 Å². The van der Waals surface area contributed by atoms with E-state index < -0.39 is 45.3 Å². The summed E-state index contributed by atoms with van der Waals surface area (Å²) in [4.78, 5) is 24.0. The van der Waals surface area contributed by atoms with Crippen molar-refractivity contribution in [1.29, 1.82) is 0 Å². The topological polar surface area (TPSA) is 92.8 Å². The van der Waals surface area contributed by atoms with Crippen LogP contribution < -0.4 is 5.32 Å². The molecule has 0 unspecified atom stereocenters. The van der Waals surface area contributed by atoms with E-state index in [2.05, 4.69) is 5.32 Å². The molecule has 0 bridgehead atoms. The number of carbonyl (C=O) groups is 2. The van der Waals surface area contributed by atoms with E-state index in [-0.39, 0.29) is 15.5 Å². The summed E-state index contributed by atoms with van der Waals surface area (Å²) >= 11 is 6.38. The second kappa shape index (κ2) is 9.15. The van der Waals surface area contributed by atoms with Gasteiger partial charge in [0, 0.05) is 18.8 Å². The van der Waals surface area contributed by atoms with Crippen LogP contribution in [-0.4, -0.2) is 44.3 Å². The van der Waals surface area contributed by atoms with E-state index in [9.17, 15) is 31.2 Å². The van der Waals surface area contributed by atoms with Gasteiger partial charge in [-0.25, -0.2) is 13.2 Å². The maximum Gasteiger partial charge on any atom is 0.417 e. The second-order valence-corrected chi connectivity index (χ2v) is 9.77. The molecule has 1 saturated heterocycles. The molecule has 1 aromatic carbocycles. The zero-order chi connectivity index (χ0) is 22.8. The summed E-state index contributed by atoms with van der Waals surface area (Å²) in [7, 11) is -3.86. The average Bonchev–Trinajstić information content (AvgIpc) is 3.39. The first-order chi connectivity index (χ1) is 14.5. The van der Waals surface area contributed by atoms with Crippen LogP contribution in [0, 0.1) is 0 Å². The van der Waals surface area contributed by atoms with Crippen LogP contribution in [-0.2, 0) is 25.7 Å². The fourth-order valence-corrected chi connectivity index (χ4v) is 5.96. The molecule has 1 amide bonds. The number of ether oxygens (including phenoxy) is 1. The molecular weight excluding hydrogens is 481 g/mol. The summed E-state index contributed by atoms with van der Waals surface area (Å²) in [5.41, 5.74) is -1.31. The van der Waals surface area contributed by atoms with Crippen LogP contribution in [0.3, 0.4) is 0 Å². The summed E-state index contributed by atoms with van der Waals surface area (Å²) in [6.07, 6.45) is -3.26. The molecular formula is C18H16ClF3N2O5S2. The number of halogens is 4. The molecule has 31 heavy (non-hydrogen) atoms. The van der Waals surface area contributed by atoms with Crippen LogP contribution in [0.15, 0.2) is 34.5 Å². The number of sulfonamides is 1. The van der Waals surface area contributed by atoms with Crippen LogP contribution in [0.5, 0.6) is 0 Å². The molecule has 1 aliphatic heterocycles. The Labute approximate surface area is 184 Å². The maximum atomic E-state index is 12.9. The van der Waals surface area contributed by atoms with Crippen LogP contribution in [0.4, 0.5) is 18.9 Å². The summed E-state index contributed by atoms with van der Waals surface area (Å²) in [5.74, 6) is -1.92. The van der Waals surface area contributed by atoms with E-state index in [4.69, 9.17) is 16.3 Å². The van der Waals surface area contributed by atoms with E-state index in [0.29, 0.717) is 19.2 Å². The molecule has 0 saturated carbocycles. The van der Waals surface area contributed by atoms with E-state index in [0.717, 1.165) is 36.3 Å². The number of nitrogens with one attached hydrogen (secondary N) is 1. The predicted molar refractivity (Wildman–Crippen MR) is 108 cm³/mol. The lowest BCUT2D eigenvalue weighted by Crippen LogP contribution is -2.29. The molecule has 2 heterocycles. The van der Waals surface area contributed by atoms with Crippen LogP contribution in [0.25, 0.3) is 0 Å². The van der Waals surface area contributed by atoms with Gasteiger partial charge in [0.2, 0.25) is 10.0 Å². The maximum absolute atomic E-state index is 12.9. The highest BCUT2D eigenvalue weighted by molar-refractivity contribution is 7.89. The van der Waals surface area contributed by atoms with E-state index in [1.165, 1.54) is 15.8 Å². The number of alkyl halides is 3. The standard InChI is InChI=1S/C18H16ClF3N2O5S2/c19-13-4-3-11(9-12(13)18(20,21)22)23-15(25)10-29-17(26)16-14(5-8-30-16)31(27,28)24-6-1-2-7-24/h3-5,8-9H,1-2,6-7,10H2,(H,23,25). The van der Waals surface area contributed by atoms with Crippen molar-refractivity contribution in [3.05, 3.63) is 45.1 Å². The molecule has 1 aromatic heterocycles. The Bertz CT molecular complexity index is 1100. The lowest BCUT2D eigenvalue weighted by atomic mass is 10.2. The quantitative estimate of drug-likeness (QED) is 0.610. The first-order valence-corrected chi connectivity index (χ1v) is 11.6. The summed E-state index contributed by atoms with van der Waals surface area (Å²) in [5, 5.41) is 3.07. The lowest BCUT2D eigenvalue weighted by molar-refractivity contribution is -0.137. The molecule has 0 aliphatic carbocycles. The zero-order valence-electron chi connectivity index (χ0n) is 15.7. The van der Waals surface area contributed by atoms with Gasteiger partial charge in [0.05, 0.1) is 10.6 Å². The number of anilines is 1. The normalized spacial score (nSPS) is 15.1. The molecule has 13 heteroatoms. The summed E-state index contributed by atoms with van der Waals surface area (Å²) < 4.78 is 70.2. The van der Waals surface area contributed by atoms with Gasteiger partial charge in [0.15, 0.2) is 6.61 Å². The lowest BCUT2D eigenvalue weighted by Gasteiger charge is -2.15. The van der Waals surface area contributed by atoms with Crippen molar-refractivity contribution in [3.63, 3.8) is 0 Å². The third-order valence-corrected chi connectivity index (χ3v) is 7.68. The highest BCUT2D eigenvalue weighted by atomic mass is 35.5. The SMILES string of the molecule is O=C(COC(=O)c1sccc1S(=O)(=O)N1CCCC1)Nc1ccc(Cl)c(C(F)(F)F)c1. The molecule has 7 nitrogen and oxygen atoms in total. The van der Waals surface area contributed by atoms with E-state index in [1.807, 2.05) is 0 Å². The van der Waals surface area contributed by atoms with Crippen LogP contribution >= 0.6 is 22.9 Å². The van der Waals surface area contributed by atoms with Crippen LogP contribution in [0.1, 0.15) is 28.1 Å². The average molecular weight is 497 g/mol. The Morgan fingerprint density at radius 1 is 1.19 bits per heavy atom. The largest absolute Gasteiger partial charge is 0.451 e. The molecule has 3 rings (SSSR count). The minimum Gasteiger partial charge on any atom is -0.451 e. The molecule has 0 atom stereocenters. The number of nitrogens with zero attached hydrogens (tertiary/aromatic N) is 1. The van der Waals surface area contributed by atoms with Gasteiger partial charge in [-0.05, 0) is 42.5 Å². The third-order valence-electron chi connectivity index (χ3n) is 4.39. The molecule has 168 valence electrons.